The molecule has 6 amide bonds. The second-order valence-corrected chi connectivity index (χ2v) is 19.3. The van der Waals surface area contributed by atoms with Gasteiger partial charge in [-0.05, 0) is 6.42 Å². The highest BCUT2D eigenvalue weighted by atomic mass is 16.6. The Bertz CT molecular complexity index is 2020. The number of amides is 6. The number of ether oxygens (including phenoxy) is 15. The van der Waals surface area contributed by atoms with Crippen molar-refractivity contribution in [2.75, 3.05) is 225 Å². The molecule has 32 nitrogen and oxygen atoms in total. The molecule has 0 aromatic rings. The molecule has 1 rings (SSSR count). The number of rotatable bonds is 67. The molecular formula is C58H97N5O27. The third-order valence-electron chi connectivity index (χ3n) is 11.9. The minimum atomic E-state index is -1.19. The zero-order valence-electron chi connectivity index (χ0n) is 52.1. The van der Waals surface area contributed by atoms with Gasteiger partial charge >= 0.3 is 12.1 Å². The van der Waals surface area contributed by atoms with Crippen LogP contribution in [0.2, 0.25) is 0 Å². The standard InChI is InChI=1S/C58H97N5O27/c1-76-19-20-80-25-26-82-29-30-84-33-34-86-37-38-88-41-42-89-40-39-87-36-35-85-32-31-83-28-27-81-24-23-79-18-14-59-57(74)47(46-90-58(75)60-13-10-56(72)73)43-51(67)45-62-53(69)7-5-50(66)44-61-52(68)6-4-49(65)12-17-78-22-21-77-16-2-3-48(64)11-15-63-54(70)8-9-55(63)71/h8-9,47H,2-7,10-46H2,1H3,(H,59,74)(H,60,75)(H,61,68)(H,62,69)(H,72,73). The van der Waals surface area contributed by atoms with Crippen LogP contribution < -0.4 is 21.3 Å². The van der Waals surface area contributed by atoms with Gasteiger partial charge in [-0.2, -0.15) is 0 Å². The van der Waals surface area contributed by atoms with Crippen LogP contribution in [0.15, 0.2) is 12.2 Å². The van der Waals surface area contributed by atoms with E-state index in [2.05, 4.69) is 21.3 Å². The predicted octanol–water partition coefficient (Wildman–Crippen LogP) is -1.27. The van der Waals surface area contributed by atoms with Gasteiger partial charge in [0.15, 0.2) is 11.6 Å². The van der Waals surface area contributed by atoms with Gasteiger partial charge in [0.2, 0.25) is 17.7 Å². The molecule has 0 aromatic carbocycles. The average molecular weight is 1300 g/mol. The SMILES string of the molecule is COCCOCCOCCOCCOCCOCCOCCOCCOCCOCCOCCOCCNC(=O)C(COC(=O)NCCC(=O)O)CC(=O)CNC(=O)CCC(=O)CNC(=O)CCC(=O)CCOCCOCCCC(=O)CCN1C(=O)C=CC1=O. The number of carbonyl (C=O) groups excluding carboxylic acids is 10. The van der Waals surface area contributed by atoms with E-state index in [4.69, 9.17) is 76.2 Å². The van der Waals surface area contributed by atoms with Crippen LogP contribution in [0.4, 0.5) is 4.79 Å². The van der Waals surface area contributed by atoms with Crippen molar-refractivity contribution >= 4 is 64.7 Å². The van der Waals surface area contributed by atoms with Gasteiger partial charge in [-0.1, -0.05) is 0 Å². The minimum absolute atomic E-state index is 0.0257. The van der Waals surface area contributed by atoms with Crippen LogP contribution in [0, 0.1) is 5.92 Å². The molecule has 0 aliphatic carbocycles. The van der Waals surface area contributed by atoms with E-state index in [9.17, 15) is 52.7 Å². The summed E-state index contributed by atoms with van der Waals surface area (Å²) >= 11 is 0. The number of imide groups is 1. The predicted molar refractivity (Wildman–Crippen MR) is 314 cm³/mol. The number of carboxylic acids is 1. The zero-order chi connectivity index (χ0) is 65.8. The molecule has 0 aromatic heterocycles. The molecule has 0 radical (unpaired) electrons. The van der Waals surface area contributed by atoms with Crippen molar-refractivity contribution in [3.8, 4) is 0 Å². The summed E-state index contributed by atoms with van der Waals surface area (Å²) in [5, 5.41) is 18.4. The van der Waals surface area contributed by atoms with Gasteiger partial charge in [-0.3, -0.25) is 52.8 Å². The van der Waals surface area contributed by atoms with Crippen molar-refractivity contribution in [2.45, 2.75) is 64.2 Å². The monoisotopic (exact) mass is 1300 g/mol. The molecule has 1 heterocycles. The molecule has 516 valence electrons. The first-order chi connectivity index (χ1) is 43.7. The van der Waals surface area contributed by atoms with E-state index in [0.717, 1.165) is 17.1 Å². The highest BCUT2D eigenvalue weighted by molar-refractivity contribution is 6.13. The summed E-state index contributed by atoms with van der Waals surface area (Å²) in [6, 6.07) is 0. The molecule has 1 atom stereocenters. The second kappa shape index (κ2) is 59.5. The van der Waals surface area contributed by atoms with Crippen LogP contribution >= 0.6 is 0 Å². The van der Waals surface area contributed by atoms with Crippen LogP contribution in [0.1, 0.15) is 64.2 Å². The van der Waals surface area contributed by atoms with Gasteiger partial charge in [0, 0.05) is 96.9 Å². The molecule has 32 heteroatoms. The Balaban J connectivity index is 2.08. The fraction of sp³-hybridized carbons (Fsp3) is 0.776. The molecule has 0 saturated heterocycles. The highest BCUT2D eigenvalue weighted by Gasteiger charge is 2.25. The van der Waals surface area contributed by atoms with Gasteiger partial charge in [-0.25, -0.2) is 4.79 Å². The zero-order valence-corrected chi connectivity index (χ0v) is 52.1. The summed E-state index contributed by atoms with van der Waals surface area (Å²) in [6.45, 7) is 8.65. The van der Waals surface area contributed by atoms with Gasteiger partial charge in [-0.15, -0.1) is 0 Å². The van der Waals surface area contributed by atoms with E-state index < -0.39 is 78.7 Å². The Hall–Kier alpha value is -5.85. The number of methoxy groups -OCH3 is 1. The number of hydrogen-bond acceptors (Lipinski definition) is 26. The highest BCUT2D eigenvalue weighted by Crippen LogP contribution is 2.08. The Morgan fingerprint density at radius 3 is 1.23 bits per heavy atom. The van der Waals surface area contributed by atoms with Gasteiger partial charge in [0.25, 0.3) is 11.8 Å². The number of nitrogens with zero attached hydrogens (tertiary/aromatic N) is 1. The molecule has 0 saturated carbocycles. The fourth-order valence-electron chi connectivity index (χ4n) is 7.09. The van der Waals surface area contributed by atoms with E-state index in [-0.39, 0.29) is 129 Å². The Labute approximate surface area is 525 Å². The minimum Gasteiger partial charge on any atom is -0.481 e. The molecule has 5 N–H and O–H groups in total. The second-order valence-electron chi connectivity index (χ2n) is 19.3. The third-order valence-corrected chi connectivity index (χ3v) is 11.9. The van der Waals surface area contributed by atoms with Crippen molar-refractivity contribution in [3.63, 3.8) is 0 Å². The number of hydrogen-bond donors (Lipinski definition) is 5. The maximum atomic E-state index is 13.1. The first-order valence-electron chi connectivity index (χ1n) is 30.2. The van der Waals surface area contributed by atoms with Crippen molar-refractivity contribution in [1.29, 1.82) is 0 Å². The van der Waals surface area contributed by atoms with Gasteiger partial charge in [0.1, 0.15) is 18.2 Å². The summed E-state index contributed by atoms with van der Waals surface area (Å²) in [5.41, 5.74) is 0. The lowest BCUT2D eigenvalue weighted by Crippen LogP contribution is -2.39. The summed E-state index contributed by atoms with van der Waals surface area (Å²) in [5.74, 6) is -6.50. The van der Waals surface area contributed by atoms with Crippen LogP contribution in [-0.4, -0.2) is 300 Å². The number of Topliss-reactive ketones (excluding diaryl/α,β-unsaturated/α-hetero) is 4. The number of alkyl carbamates (subject to hydrolysis) is 1. The maximum absolute atomic E-state index is 13.1. The number of aliphatic carboxylic acids is 1. The molecule has 1 aliphatic heterocycles. The lowest BCUT2D eigenvalue weighted by molar-refractivity contribution is -0.138. The number of ketones is 4. The largest absolute Gasteiger partial charge is 0.481 e. The molecule has 0 spiro atoms. The van der Waals surface area contributed by atoms with Crippen LogP contribution in [0.25, 0.3) is 0 Å². The quantitative estimate of drug-likeness (QED) is 0.0350. The topological polar surface area (TPSA) is 398 Å². The first-order valence-corrected chi connectivity index (χ1v) is 30.2. The average Bonchev–Trinajstić information content (AvgIpc) is 3.51. The summed E-state index contributed by atoms with van der Waals surface area (Å²) in [6.07, 6.45) is 0.461. The van der Waals surface area contributed by atoms with E-state index in [1.54, 1.807) is 7.11 Å². The Kier molecular flexibility index (Phi) is 54.3. The smallest absolute Gasteiger partial charge is 0.407 e. The van der Waals surface area contributed by atoms with Crippen LogP contribution in [0.3, 0.4) is 0 Å². The lowest BCUT2D eigenvalue weighted by Gasteiger charge is -2.17. The third kappa shape index (κ3) is 52.9. The van der Waals surface area contributed by atoms with Crippen molar-refractivity contribution in [1.82, 2.24) is 26.2 Å². The van der Waals surface area contributed by atoms with E-state index >= 15 is 0 Å². The summed E-state index contributed by atoms with van der Waals surface area (Å²) < 4.78 is 80.8. The lowest BCUT2D eigenvalue weighted by atomic mass is 10.0. The molecule has 0 fully saturated rings. The molecule has 1 aliphatic rings. The van der Waals surface area contributed by atoms with Gasteiger partial charge < -0.3 is 97.4 Å². The number of carboxylic acid groups (broad SMARTS) is 1. The first kappa shape index (κ1) is 82.2. The van der Waals surface area contributed by atoms with Crippen LogP contribution in [-0.2, 0) is 119 Å². The molecule has 0 bridgehead atoms. The molecular weight excluding hydrogens is 1200 g/mol. The van der Waals surface area contributed by atoms with E-state index in [1.807, 2.05) is 0 Å². The normalized spacial score (nSPS) is 12.3. The van der Waals surface area contributed by atoms with Crippen molar-refractivity contribution in [3.05, 3.63) is 12.2 Å². The summed E-state index contributed by atoms with van der Waals surface area (Å²) in [7, 11) is 1.63. The summed E-state index contributed by atoms with van der Waals surface area (Å²) in [4.78, 5) is 134. The fourth-order valence-corrected chi connectivity index (χ4v) is 7.09. The maximum Gasteiger partial charge on any atom is 0.407 e. The number of nitrogens with one attached hydrogen (secondary N) is 4. The van der Waals surface area contributed by atoms with Gasteiger partial charge in [0.05, 0.1) is 197 Å². The molecule has 1 unspecified atom stereocenters. The van der Waals surface area contributed by atoms with E-state index in [0.29, 0.717) is 145 Å². The van der Waals surface area contributed by atoms with E-state index in [1.165, 1.54) is 0 Å². The van der Waals surface area contributed by atoms with Crippen molar-refractivity contribution < 1.29 is 129 Å². The van der Waals surface area contributed by atoms with Crippen LogP contribution in [0.5, 0.6) is 0 Å². The van der Waals surface area contributed by atoms with Crippen molar-refractivity contribution in [2.24, 2.45) is 5.92 Å². The number of carbonyl (C=O) groups is 11. The Morgan fingerprint density at radius 1 is 0.400 bits per heavy atom. The Morgan fingerprint density at radius 2 is 0.789 bits per heavy atom. The molecule has 90 heavy (non-hydrogen) atoms.